The Balaban J connectivity index is 0.000000292. The largest absolute Gasteiger partial charge is 0.480 e. The van der Waals surface area contributed by atoms with Crippen LogP contribution in [0.25, 0.3) is 0 Å². The Hall–Kier alpha value is -1.63. The molecule has 80 valence electrons. The summed E-state index contributed by atoms with van der Waals surface area (Å²) >= 11 is 0. The molecule has 1 atom stereocenters. The molecule has 0 saturated carbocycles. The lowest BCUT2D eigenvalue weighted by Gasteiger charge is -1.99. The third-order valence-corrected chi connectivity index (χ3v) is 1.47. The van der Waals surface area contributed by atoms with E-state index in [1.165, 1.54) is 0 Å². The number of hydrogen-bond acceptors (Lipinski definition) is 4. The third-order valence-electron chi connectivity index (χ3n) is 1.47. The van der Waals surface area contributed by atoms with Gasteiger partial charge >= 0.3 is 11.9 Å². The minimum absolute atomic E-state index is 0.164. The number of carboxylic acid groups (broad SMARTS) is 2. The third kappa shape index (κ3) is 5.09. The van der Waals surface area contributed by atoms with Gasteiger partial charge in [-0.05, 0) is 6.42 Å². The highest BCUT2D eigenvalue weighted by Crippen LogP contribution is 2.05. The monoisotopic (exact) mass is 204 g/mol. The molecule has 1 heterocycles. The molecule has 0 aromatic heterocycles. The van der Waals surface area contributed by atoms with Crippen LogP contribution in [0.3, 0.4) is 0 Å². The highest BCUT2D eigenvalue weighted by atomic mass is 16.4. The van der Waals surface area contributed by atoms with Crippen molar-refractivity contribution in [2.75, 3.05) is 6.54 Å². The average Bonchev–Trinajstić information content (AvgIpc) is 2.53. The standard InChI is InChI=1S/C5H7NO3.C2H5NO2/c7-4-2-1-3(6-4)5(8)9;3-1-2(4)5/h3H,1-2H2,(H,6,7)(H,8,9);1,3H2,(H,4,5)/t3-;/m0./s1. The number of nitrogens with one attached hydrogen (secondary N) is 1. The summed E-state index contributed by atoms with van der Waals surface area (Å²) in [7, 11) is 0. The Morgan fingerprint density at radius 2 is 2.00 bits per heavy atom. The Kier molecular flexibility index (Phi) is 5.23. The molecule has 0 aliphatic carbocycles. The number of carbonyl (C=O) groups excluding carboxylic acids is 1. The van der Waals surface area contributed by atoms with Crippen LogP contribution >= 0.6 is 0 Å². The van der Waals surface area contributed by atoms with E-state index in [1.54, 1.807) is 0 Å². The van der Waals surface area contributed by atoms with Gasteiger partial charge in [0.25, 0.3) is 0 Å². The van der Waals surface area contributed by atoms with Crippen LogP contribution in [0.1, 0.15) is 12.8 Å². The predicted molar refractivity (Wildman–Crippen MR) is 45.5 cm³/mol. The van der Waals surface area contributed by atoms with Crippen molar-refractivity contribution < 1.29 is 24.6 Å². The molecule has 0 spiro atoms. The molecule has 7 nitrogen and oxygen atoms in total. The van der Waals surface area contributed by atoms with Crippen molar-refractivity contribution in [1.82, 2.24) is 5.32 Å². The van der Waals surface area contributed by atoms with Crippen LogP contribution in [-0.2, 0) is 14.4 Å². The second kappa shape index (κ2) is 5.92. The fourth-order valence-corrected chi connectivity index (χ4v) is 0.799. The average molecular weight is 204 g/mol. The van der Waals surface area contributed by atoms with Crippen LogP contribution in [0.5, 0.6) is 0 Å². The molecule has 0 radical (unpaired) electrons. The Bertz CT molecular complexity index is 240. The lowest BCUT2D eigenvalue weighted by molar-refractivity contribution is -0.140. The maximum absolute atomic E-state index is 10.4. The summed E-state index contributed by atoms with van der Waals surface area (Å²) in [5, 5.41) is 18.2. The first-order chi connectivity index (χ1) is 6.47. The summed E-state index contributed by atoms with van der Waals surface area (Å²) in [6.07, 6.45) is 0.769. The molecule has 1 aliphatic rings. The van der Waals surface area contributed by atoms with Crippen LogP contribution in [0.2, 0.25) is 0 Å². The van der Waals surface area contributed by atoms with Crippen molar-refractivity contribution in [3.8, 4) is 0 Å². The highest BCUT2D eigenvalue weighted by molar-refractivity contribution is 5.87. The Labute approximate surface area is 79.9 Å². The van der Waals surface area contributed by atoms with Gasteiger partial charge in [0.2, 0.25) is 5.91 Å². The maximum Gasteiger partial charge on any atom is 0.326 e. The SMILES string of the molecule is NCC(=O)O.O=C1CC[C@@H](C(=O)O)N1. The molecule has 1 rings (SSSR count). The van der Waals surface area contributed by atoms with Crippen molar-refractivity contribution in [3.63, 3.8) is 0 Å². The Morgan fingerprint density at radius 1 is 1.50 bits per heavy atom. The minimum atomic E-state index is -0.968. The molecule has 1 aliphatic heterocycles. The lowest BCUT2D eigenvalue weighted by Crippen LogP contribution is -2.32. The molecule has 0 aromatic rings. The summed E-state index contributed by atoms with van der Waals surface area (Å²) in [5.41, 5.74) is 4.57. The summed E-state index contributed by atoms with van der Waals surface area (Å²) in [6, 6.07) is -0.641. The molecule has 0 unspecified atom stereocenters. The van der Waals surface area contributed by atoms with Crippen molar-refractivity contribution in [2.45, 2.75) is 18.9 Å². The van der Waals surface area contributed by atoms with Crippen molar-refractivity contribution in [3.05, 3.63) is 0 Å². The fraction of sp³-hybridized carbons (Fsp3) is 0.571. The first-order valence-corrected chi connectivity index (χ1v) is 3.91. The second-order valence-electron chi connectivity index (χ2n) is 2.59. The predicted octanol–water partition coefficient (Wildman–Crippen LogP) is -1.62. The van der Waals surface area contributed by atoms with Gasteiger partial charge in [0.15, 0.2) is 0 Å². The van der Waals surface area contributed by atoms with E-state index in [4.69, 9.17) is 10.2 Å². The smallest absolute Gasteiger partial charge is 0.326 e. The second-order valence-corrected chi connectivity index (χ2v) is 2.59. The molecule has 1 fully saturated rings. The zero-order chi connectivity index (χ0) is 11.1. The molecule has 1 saturated heterocycles. The van der Waals surface area contributed by atoms with Crippen LogP contribution < -0.4 is 11.1 Å². The van der Waals surface area contributed by atoms with Crippen LogP contribution in [0.4, 0.5) is 0 Å². The van der Waals surface area contributed by atoms with Gasteiger partial charge in [-0.15, -0.1) is 0 Å². The maximum atomic E-state index is 10.4. The first kappa shape index (κ1) is 12.4. The van der Waals surface area contributed by atoms with E-state index in [0.29, 0.717) is 12.8 Å². The number of nitrogens with two attached hydrogens (primary N) is 1. The summed E-state index contributed by atoms with van der Waals surface area (Å²) in [5.74, 6) is -2.08. The van der Waals surface area contributed by atoms with E-state index in [0.717, 1.165) is 0 Å². The number of hydrogen-bond donors (Lipinski definition) is 4. The van der Waals surface area contributed by atoms with Gasteiger partial charge in [0.1, 0.15) is 6.04 Å². The van der Waals surface area contributed by atoms with Gasteiger partial charge < -0.3 is 21.3 Å². The molecule has 7 heteroatoms. The van der Waals surface area contributed by atoms with Crippen molar-refractivity contribution in [2.24, 2.45) is 5.73 Å². The fourth-order valence-electron chi connectivity index (χ4n) is 0.799. The van der Waals surface area contributed by atoms with Gasteiger partial charge in [0.05, 0.1) is 6.54 Å². The van der Waals surface area contributed by atoms with Gasteiger partial charge in [-0.25, -0.2) is 4.79 Å². The zero-order valence-corrected chi connectivity index (χ0v) is 7.40. The number of aliphatic carboxylic acids is 2. The number of amides is 1. The zero-order valence-electron chi connectivity index (χ0n) is 7.40. The van der Waals surface area contributed by atoms with Crippen LogP contribution in [0.15, 0.2) is 0 Å². The van der Waals surface area contributed by atoms with Crippen molar-refractivity contribution in [1.29, 1.82) is 0 Å². The lowest BCUT2D eigenvalue weighted by atomic mass is 10.2. The molecule has 0 aromatic carbocycles. The topological polar surface area (TPSA) is 130 Å². The number of rotatable bonds is 2. The van der Waals surface area contributed by atoms with Gasteiger partial charge in [0, 0.05) is 6.42 Å². The molecule has 1 amide bonds. The van der Waals surface area contributed by atoms with E-state index in [9.17, 15) is 14.4 Å². The van der Waals surface area contributed by atoms with E-state index in [-0.39, 0.29) is 12.5 Å². The Morgan fingerprint density at radius 3 is 2.14 bits per heavy atom. The molecule has 0 bridgehead atoms. The summed E-state index contributed by atoms with van der Waals surface area (Å²) < 4.78 is 0. The first-order valence-electron chi connectivity index (χ1n) is 3.91. The van der Waals surface area contributed by atoms with E-state index in [2.05, 4.69) is 11.1 Å². The van der Waals surface area contributed by atoms with Crippen LogP contribution in [-0.4, -0.2) is 40.6 Å². The van der Waals surface area contributed by atoms with E-state index < -0.39 is 18.0 Å². The molecular weight excluding hydrogens is 192 g/mol. The summed E-state index contributed by atoms with van der Waals surface area (Å²) in [6.45, 7) is -0.278. The quantitative estimate of drug-likeness (QED) is 0.427. The minimum Gasteiger partial charge on any atom is -0.480 e. The molecule has 14 heavy (non-hydrogen) atoms. The van der Waals surface area contributed by atoms with Crippen molar-refractivity contribution >= 4 is 17.8 Å². The van der Waals surface area contributed by atoms with Gasteiger partial charge in [-0.1, -0.05) is 0 Å². The molecular formula is C7H12N2O5. The number of carboxylic acids is 2. The number of carbonyl (C=O) groups is 3. The van der Waals surface area contributed by atoms with E-state index >= 15 is 0 Å². The van der Waals surface area contributed by atoms with Gasteiger partial charge in [-0.3, -0.25) is 9.59 Å². The van der Waals surface area contributed by atoms with Gasteiger partial charge in [-0.2, -0.15) is 0 Å². The summed E-state index contributed by atoms with van der Waals surface area (Å²) in [4.78, 5) is 29.8. The highest BCUT2D eigenvalue weighted by Gasteiger charge is 2.26. The van der Waals surface area contributed by atoms with E-state index in [1.807, 2.05) is 0 Å². The normalized spacial score (nSPS) is 19.2. The van der Waals surface area contributed by atoms with Crippen LogP contribution in [0, 0.1) is 0 Å². The molecule has 5 N–H and O–H groups in total.